The van der Waals surface area contributed by atoms with E-state index in [4.69, 9.17) is 0 Å². The predicted octanol–water partition coefficient (Wildman–Crippen LogP) is 3.07. The van der Waals surface area contributed by atoms with Crippen LogP contribution in [-0.4, -0.2) is 15.5 Å². The number of anilines is 1. The molecule has 0 saturated carbocycles. The second-order valence-electron chi connectivity index (χ2n) is 5.57. The summed E-state index contributed by atoms with van der Waals surface area (Å²) >= 11 is 0. The van der Waals surface area contributed by atoms with Gasteiger partial charge in [0.25, 0.3) is 5.56 Å². The van der Waals surface area contributed by atoms with Gasteiger partial charge in [-0.25, -0.2) is 4.98 Å². The average molecular weight is 319 g/mol. The molecule has 0 radical (unpaired) electrons. The van der Waals surface area contributed by atoms with Crippen molar-refractivity contribution in [3.63, 3.8) is 0 Å². The number of allylic oxidation sites excluding steroid dienone is 1. The van der Waals surface area contributed by atoms with Gasteiger partial charge in [0.05, 0.1) is 17.2 Å². The first-order chi connectivity index (χ1) is 11.6. The van der Waals surface area contributed by atoms with Crippen molar-refractivity contribution in [3.8, 4) is 0 Å². The summed E-state index contributed by atoms with van der Waals surface area (Å²) in [6.07, 6.45) is 1.40. The molecule has 0 bridgehead atoms. The van der Waals surface area contributed by atoms with Gasteiger partial charge in [-0.05, 0) is 30.7 Å². The lowest BCUT2D eigenvalue weighted by Gasteiger charge is -2.11. The SMILES string of the molecule is C=C(C)c1ccccc1NC(=O)Cn1cnc2ccccc2c1=O. The Morgan fingerprint density at radius 1 is 1.17 bits per heavy atom. The zero-order valence-corrected chi connectivity index (χ0v) is 13.3. The third-order valence-electron chi connectivity index (χ3n) is 3.71. The average Bonchev–Trinajstić information content (AvgIpc) is 2.58. The molecule has 5 nitrogen and oxygen atoms in total. The fraction of sp³-hybridized carbons (Fsp3) is 0.105. The summed E-state index contributed by atoms with van der Waals surface area (Å²) < 4.78 is 1.31. The smallest absolute Gasteiger partial charge is 0.261 e. The van der Waals surface area contributed by atoms with E-state index in [9.17, 15) is 9.59 Å². The first-order valence-corrected chi connectivity index (χ1v) is 7.55. The molecular formula is C19H17N3O2. The Hall–Kier alpha value is -3.21. The number of benzene rings is 2. The number of rotatable bonds is 4. The van der Waals surface area contributed by atoms with E-state index < -0.39 is 0 Å². The largest absolute Gasteiger partial charge is 0.324 e. The zero-order valence-electron chi connectivity index (χ0n) is 13.3. The molecule has 120 valence electrons. The second-order valence-corrected chi connectivity index (χ2v) is 5.57. The Bertz CT molecular complexity index is 989. The van der Waals surface area contributed by atoms with Crippen LogP contribution in [0.1, 0.15) is 12.5 Å². The predicted molar refractivity (Wildman–Crippen MR) is 95.8 cm³/mol. The lowest BCUT2D eigenvalue weighted by molar-refractivity contribution is -0.116. The van der Waals surface area contributed by atoms with Crippen LogP contribution >= 0.6 is 0 Å². The number of nitrogens with zero attached hydrogens (tertiary/aromatic N) is 2. The van der Waals surface area contributed by atoms with Crippen LogP contribution in [0, 0.1) is 0 Å². The molecule has 24 heavy (non-hydrogen) atoms. The zero-order chi connectivity index (χ0) is 17.1. The Morgan fingerprint density at radius 2 is 1.88 bits per heavy atom. The van der Waals surface area contributed by atoms with Gasteiger partial charge in [0, 0.05) is 11.3 Å². The summed E-state index contributed by atoms with van der Waals surface area (Å²) in [6.45, 7) is 5.69. The van der Waals surface area contributed by atoms with Gasteiger partial charge in [-0.15, -0.1) is 0 Å². The minimum absolute atomic E-state index is 0.0960. The quantitative estimate of drug-likeness (QED) is 0.804. The van der Waals surface area contributed by atoms with E-state index in [1.165, 1.54) is 10.9 Å². The van der Waals surface area contributed by atoms with Gasteiger partial charge in [0.15, 0.2) is 0 Å². The van der Waals surface area contributed by atoms with Crippen LogP contribution < -0.4 is 10.9 Å². The summed E-state index contributed by atoms with van der Waals surface area (Å²) in [5.74, 6) is -0.289. The van der Waals surface area contributed by atoms with Gasteiger partial charge >= 0.3 is 0 Å². The number of aromatic nitrogens is 2. The topological polar surface area (TPSA) is 64.0 Å². The third kappa shape index (κ3) is 3.10. The van der Waals surface area contributed by atoms with E-state index in [-0.39, 0.29) is 18.0 Å². The summed E-state index contributed by atoms with van der Waals surface area (Å²) in [6, 6.07) is 14.5. The van der Waals surface area contributed by atoms with Crippen LogP contribution in [-0.2, 0) is 11.3 Å². The molecule has 0 saturated heterocycles. The highest BCUT2D eigenvalue weighted by molar-refractivity contribution is 5.93. The van der Waals surface area contributed by atoms with Crippen LogP contribution in [0.3, 0.4) is 0 Å². The fourth-order valence-corrected chi connectivity index (χ4v) is 2.53. The normalized spacial score (nSPS) is 10.5. The van der Waals surface area contributed by atoms with Crippen LogP contribution in [0.25, 0.3) is 16.5 Å². The van der Waals surface area contributed by atoms with Crippen LogP contribution in [0.4, 0.5) is 5.69 Å². The van der Waals surface area contributed by atoms with Gasteiger partial charge < -0.3 is 5.32 Å². The molecule has 3 rings (SSSR count). The number of hydrogen-bond donors (Lipinski definition) is 1. The molecule has 1 N–H and O–H groups in total. The molecule has 0 aliphatic carbocycles. The number of fused-ring (bicyclic) bond motifs is 1. The maximum atomic E-state index is 12.4. The highest BCUT2D eigenvalue weighted by atomic mass is 16.2. The van der Waals surface area contributed by atoms with Crippen LogP contribution in [0.2, 0.25) is 0 Å². The highest BCUT2D eigenvalue weighted by Crippen LogP contribution is 2.21. The van der Waals surface area contributed by atoms with Crippen molar-refractivity contribution in [2.75, 3.05) is 5.32 Å². The monoisotopic (exact) mass is 319 g/mol. The number of carbonyl (C=O) groups is 1. The van der Waals surface area contributed by atoms with E-state index >= 15 is 0 Å². The maximum Gasteiger partial charge on any atom is 0.261 e. The molecule has 2 aromatic carbocycles. The van der Waals surface area contributed by atoms with Crippen molar-refractivity contribution in [2.24, 2.45) is 0 Å². The molecule has 0 atom stereocenters. The second kappa shape index (κ2) is 6.50. The van der Waals surface area contributed by atoms with Gasteiger partial charge in [-0.1, -0.05) is 36.9 Å². The van der Waals surface area contributed by atoms with E-state index in [0.29, 0.717) is 16.6 Å². The van der Waals surface area contributed by atoms with E-state index in [2.05, 4.69) is 16.9 Å². The lowest BCUT2D eigenvalue weighted by Crippen LogP contribution is -2.28. The lowest BCUT2D eigenvalue weighted by atomic mass is 10.1. The van der Waals surface area contributed by atoms with E-state index in [1.54, 1.807) is 18.2 Å². The van der Waals surface area contributed by atoms with Gasteiger partial charge in [-0.2, -0.15) is 0 Å². The standard InChI is InChI=1S/C19H17N3O2/c1-13(2)14-7-3-6-10-17(14)21-18(23)11-22-12-20-16-9-5-4-8-15(16)19(22)24/h3-10,12H,1,11H2,2H3,(H,21,23). The molecule has 0 fully saturated rings. The Balaban J connectivity index is 1.85. The molecule has 1 amide bonds. The molecule has 0 aliphatic rings. The van der Waals surface area contributed by atoms with E-state index in [1.807, 2.05) is 37.3 Å². The highest BCUT2D eigenvalue weighted by Gasteiger charge is 2.10. The Kier molecular flexibility index (Phi) is 4.24. The number of amides is 1. The molecule has 0 spiro atoms. The first kappa shape index (κ1) is 15.7. The van der Waals surface area contributed by atoms with Gasteiger partial charge in [0.1, 0.15) is 6.54 Å². The van der Waals surface area contributed by atoms with Crippen LogP contribution in [0.15, 0.2) is 66.2 Å². The van der Waals surface area contributed by atoms with Crippen molar-refractivity contribution in [2.45, 2.75) is 13.5 Å². The fourth-order valence-electron chi connectivity index (χ4n) is 2.53. The Morgan fingerprint density at radius 3 is 2.67 bits per heavy atom. The molecule has 1 aromatic heterocycles. The minimum Gasteiger partial charge on any atom is -0.324 e. The number of para-hydroxylation sites is 2. The van der Waals surface area contributed by atoms with Crippen molar-refractivity contribution in [1.82, 2.24) is 9.55 Å². The van der Waals surface area contributed by atoms with Crippen molar-refractivity contribution in [1.29, 1.82) is 0 Å². The number of hydrogen-bond acceptors (Lipinski definition) is 3. The molecular weight excluding hydrogens is 302 g/mol. The number of nitrogens with one attached hydrogen (secondary N) is 1. The van der Waals surface area contributed by atoms with Crippen molar-refractivity contribution in [3.05, 3.63) is 77.4 Å². The summed E-state index contributed by atoms with van der Waals surface area (Å²) in [7, 11) is 0. The third-order valence-corrected chi connectivity index (χ3v) is 3.71. The van der Waals surface area contributed by atoms with Crippen molar-refractivity contribution < 1.29 is 4.79 Å². The molecule has 1 heterocycles. The molecule has 5 heteroatoms. The van der Waals surface area contributed by atoms with E-state index in [0.717, 1.165) is 11.1 Å². The van der Waals surface area contributed by atoms with Gasteiger partial charge in [-0.3, -0.25) is 14.2 Å². The summed E-state index contributed by atoms with van der Waals surface area (Å²) in [5.41, 5.74) is 2.79. The molecule has 0 unspecified atom stereocenters. The van der Waals surface area contributed by atoms with Gasteiger partial charge in [0.2, 0.25) is 5.91 Å². The van der Waals surface area contributed by atoms with Crippen LogP contribution in [0.5, 0.6) is 0 Å². The molecule has 3 aromatic rings. The first-order valence-electron chi connectivity index (χ1n) is 7.55. The summed E-state index contributed by atoms with van der Waals surface area (Å²) in [4.78, 5) is 29.0. The number of carbonyl (C=O) groups excluding carboxylic acids is 1. The summed E-state index contributed by atoms with van der Waals surface area (Å²) in [5, 5.41) is 3.32. The Labute approximate surface area is 139 Å². The minimum atomic E-state index is -0.289. The molecule has 0 aliphatic heterocycles. The van der Waals surface area contributed by atoms with Crippen molar-refractivity contribution >= 4 is 28.1 Å². The maximum absolute atomic E-state index is 12.4.